The summed E-state index contributed by atoms with van der Waals surface area (Å²) in [4.78, 5) is 16.0. The number of nitrogen functional groups attached to an aromatic ring is 2. The lowest BCUT2D eigenvalue weighted by Gasteiger charge is -2.06. The molecule has 0 spiro atoms. The monoisotopic (exact) mass is 344 g/mol. The normalized spacial score (nSPS) is 10.2. The van der Waals surface area contributed by atoms with Crippen molar-refractivity contribution in [2.24, 2.45) is 11.5 Å². The van der Waals surface area contributed by atoms with Crippen LogP contribution in [-0.4, -0.2) is 44.8 Å². The fraction of sp³-hybridized carbons (Fsp3) is 0.333. The maximum absolute atomic E-state index is 7.23. The van der Waals surface area contributed by atoms with E-state index < -0.39 is 0 Å². The summed E-state index contributed by atoms with van der Waals surface area (Å²) in [7, 11) is 0. The topological polar surface area (TPSA) is 170 Å². The molecule has 2 aromatic heterocycles. The van der Waals surface area contributed by atoms with Gasteiger partial charge in [-0.25, -0.2) is 19.9 Å². The van der Waals surface area contributed by atoms with Gasteiger partial charge < -0.3 is 20.9 Å². The van der Waals surface area contributed by atoms with Gasteiger partial charge in [0.25, 0.3) is 0 Å². The first-order valence-corrected chi connectivity index (χ1v) is 7.64. The van der Waals surface area contributed by atoms with E-state index in [4.69, 9.17) is 31.8 Å². The zero-order chi connectivity index (χ0) is 18.1. The Morgan fingerprint density at radius 1 is 0.720 bits per heavy atom. The Morgan fingerprint density at radius 2 is 1.16 bits per heavy atom. The molecule has 0 atom stereocenters. The molecule has 0 aromatic carbocycles. The predicted molar refractivity (Wildman–Crippen MR) is 90.9 cm³/mol. The molecule has 0 aliphatic rings. The minimum atomic E-state index is -0.125. The molecular formula is C15H20N8O2. The van der Waals surface area contributed by atoms with Gasteiger partial charge in [-0.15, -0.1) is 0 Å². The van der Waals surface area contributed by atoms with Crippen LogP contribution in [0, 0.1) is 10.8 Å². The number of nitrogens with zero attached hydrogens (tertiary/aromatic N) is 4. The quantitative estimate of drug-likeness (QED) is 0.273. The summed E-state index contributed by atoms with van der Waals surface area (Å²) in [5.41, 5.74) is 11.2. The summed E-state index contributed by atoms with van der Waals surface area (Å²) in [6.07, 6.45) is 8.31. The van der Waals surface area contributed by atoms with E-state index in [0.29, 0.717) is 36.4 Å². The van der Waals surface area contributed by atoms with Crippen molar-refractivity contribution in [2.45, 2.75) is 19.3 Å². The highest BCUT2D eigenvalue weighted by Crippen LogP contribution is 2.07. The van der Waals surface area contributed by atoms with Gasteiger partial charge in [-0.1, -0.05) is 0 Å². The Labute approximate surface area is 144 Å². The largest absolute Gasteiger partial charge is 0.477 e. The summed E-state index contributed by atoms with van der Waals surface area (Å²) < 4.78 is 10.9. The average Bonchev–Trinajstić information content (AvgIpc) is 2.61. The first-order chi connectivity index (χ1) is 12.1. The first-order valence-electron chi connectivity index (χ1n) is 7.64. The Bertz CT molecular complexity index is 641. The Morgan fingerprint density at radius 3 is 1.48 bits per heavy atom. The third-order valence-electron chi connectivity index (χ3n) is 3.10. The van der Waals surface area contributed by atoms with Crippen LogP contribution in [0.5, 0.6) is 11.8 Å². The fourth-order valence-corrected chi connectivity index (χ4v) is 1.79. The molecule has 6 N–H and O–H groups in total. The number of rotatable bonds is 10. The molecule has 0 unspecified atom stereocenters. The smallest absolute Gasteiger partial charge is 0.232 e. The van der Waals surface area contributed by atoms with E-state index in [-0.39, 0.29) is 11.7 Å². The van der Waals surface area contributed by atoms with Crippen LogP contribution in [0.4, 0.5) is 0 Å². The zero-order valence-corrected chi connectivity index (χ0v) is 13.6. The summed E-state index contributed by atoms with van der Waals surface area (Å²) in [6, 6.07) is 0. The highest BCUT2D eigenvalue weighted by atomic mass is 16.5. The van der Waals surface area contributed by atoms with Gasteiger partial charge in [-0.05, 0) is 19.3 Å². The molecule has 2 heterocycles. The molecule has 0 aliphatic carbocycles. The summed E-state index contributed by atoms with van der Waals surface area (Å²) in [5.74, 6) is 0.559. The third-order valence-corrected chi connectivity index (χ3v) is 3.10. The van der Waals surface area contributed by atoms with Gasteiger partial charge in [0.05, 0.1) is 38.0 Å². The number of unbranched alkanes of at least 4 members (excludes halogenated alkanes) is 2. The van der Waals surface area contributed by atoms with Crippen molar-refractivity contribution >= 4 is 11.7 Å². The van der Waals surface area contributed by atoms with E-state index >= 15 is 0 Å². The van der Waals surface area contributed by atoms with E-state index in [1.807, 2.05) is 0 Å². The van der Waals surface area contributed by atoms with E-state index in [1.165, 1.54) is 24.8 Å². The number of hydrogen-bond acceptors (Lipinski definition) is 8. The van der Waals surface area contributed by atoms with Crippen molar-refractivity contribution in [2.75, 3.05) is 13.2 Å². The number of ether oxygens (including phenoxy) is 2. The number of hydrogen-bond donors (Lipinski definition) is 4. The maximum atomic E-state index is 7.23. The summed E-state index contributed by atoms with van der Waals surface area (Å²) in [5, 5.41) is 14.5. The number of amidine groups is 2. The number of nitrogens with one attached hydrogen (secondary N) is 2. The van der Waals surface area contributed by atoms with Crippen molar-refractivity contribution in [1.82, 2.24) is 19.9 Å². The highest BCUT2D eigenvalue weighted by molar-refractivity contribution is 5.93. The van der Waals surface area contributed by atoms with Crippen LogP contribution < -0.4 is 20.9 Å². The van der Waals surface area contributed by atoms with E-state index in [2.05, 4.69) is 19.9 Å². The molecule has 2 aromatic rings. The van der Waals surface area contributed by atoms with Crippen molar-refractivity contribution in [3.05, 3.63) is 36.2 Å². The summed E-state index contributed by atoms with van der Waals surface area (Å²) >= 11 is 0. The van der Waals surface area contributed by atoms with Gasteiger partial charge in [0.1, 0.15) is 23.1 Å². The van der Waals surface area contributed by atoms with Crippen LogP contribution in [0.25, 0.3) is 0 Å². The van der Waals surface area contributed by atoms with Crippen LogP contribution in [0.15, 0.2) is 24.8 Å². The van der Waals surface area contributed by atoms with Crippen molar-refractivity contribution < 1.29 is 9.47 Å². The van der Waals surface area contributed by atoms with Crippen molar-refractivity contribution in [1.29, 1.82) is 10.8 Å². The minimum Gasteiger partial charge on any atom is -0.477 e. The third kappa shape index (κ3) is 6.01. The standard InChI is InChI=1S/C15H20N8O2/c16-14(17)10-6-22-12(8-20-10)24-4-2-1-3-5-25-13-9-21-11(7-23-13)15(18)19/h6-9H,1-5H2,(H3,16,17)(H3,18,19). The summed E-state index contributed by atoms with van der Waals surface area (Å²) in [6.45, 7) is 1.03. The van der Waals surface area contributed by atoms with Gasteiger partial charge in [-0.2, -0.15) is 0 Å². The second kappa shape index (κ2) is 9.11. The van der Waals surface area contributed by atoms with Crippen LogP contribution >= 0.6 is 0 Å². The SMILES string of the molecule is N=C(N)c1cnc(OCCCCCOc2cnc(C(=N)N)cn2)cn1. The molecule has 0 fully saturated rings. The lowest BCUT2D eigenvalue weighted by Crippen LogP contribution is -2.13. The minimum absolute atomic E-state index is 0.125. The molecule has 0 aliphatic heterocycles. The van der Waals surface area contributed by atoms with Crippen molar-refractivity contribution in [3.63, 3.8) is 0 Å². The lowest BCUT2D eigenvalue weighted by molar-refractivity contribution is 0.268. The predicted octanol–water partition coefficient (Wildman–Crippen LogP) is 0.463. The van der Waals surface area contributed by atoms with Crippen molar-refractivity contribution in [3.8, 4) is 11.8 Å². The van der Waals surface area contributed by atoms with E-state index in [9.17, 15) is 0 Å². The van der Waals surface area contributed by atoms with Crippen LogP contribution in [0.3, 0.4) is 0 Å². The Kier molecular flexibility index (Phi) is 6.57. The van der Waals surface area contributed by atoms with Gasteiger partial charge in [0.2, 0.25) is 11.8 Å². The molecule has 10 heteroatoms. The molecule has 0 amide bonds. The van der Waals surface area contributed by atoms with Gasteiger partial charge >= 0.3 is 0 Å². The highest BCUT2D eigenvalue weighted by Gasteiger charge is 2.02. The Balaban J connectivity index is 1.57. The van der Waals surface area contributed by atoms with E-state index in [1.54, 1.807) is 0 Å². The molecular weight excluding hydrogens is 324 g/mol. The average molecular weight is 344 g/mol. The molecule has 10 nitrogen and oxygen atoms in total. The maximum Gasteiger partial charge on any atom is 0.232 e. The number of aromatic nitrogens is 4. The second-order valence-corrected chi connectivity index (χ2v) is 5.06. The molecule has 2 rings (SSSR count). The van der Waals surface area contributed by atoms with E-state index in [0.717, 1.165) is 19.3 Å². The van der Waals surface area contributed by atoms with Gasteiger partial charge in [-0.3, -0.25) is 10.8 Å². The van der Waals surface area contributed by atoms with Crippen LogP contribution in [0.1, 0.15) is 30.7 Å². The van der Waals surface area contributed by atoms with Crippen LogP contribution in [0.2, 0.25) is 0 Å². The molecule has 25 heavy (non-hydrogen) atoms. The number of nitrogens with two attached hydrogens (primary N) is 2. The lowest BCUT2D eigenvalue weighted by atomic mass is 10.2. The Hall–Kier alpha value is -3.30. The second-order valence-electron chi connectivity index (χ2n) is 5.06. The molecule has 0 saturated carbocycles. The molecule has 132 valence electrons. The fourth-order valence-electron chi connectivity index (χ4n) is 1.79. The molecule has 0 bridgehead atoms. The van der Waals surface area contributed by atoms with Gasteiger partial charge in [0.15, 0.2) is 0 Å². The molecule has 0 radical (unpaired) electrons. The van der Waals surface area contributed by atoms with Gasteiger partial charge in [0, 0.05) is 0 Å². The zero-order valence-electron chi connectivity index (χ0n) is 13.6. The first kappa shape index (κ1) is 18.0. The molecule has 0 saturated heterocycles. The van der Waals surface area contributed by atoms with Crippen LogP contribution in [-0.2, 0) is 0 Å².